The fraction of sp³-hybridized carbons (Fsp3) is 0.0870. The summed E-state index contributed by atoms with van der Waals surface area (Å²) in [6, 6.07) is 51.3. The highest BCUT2D eigenvalue weighted by atomic mass is 32.1. The number of allylic oxidation sites excluding steroid dienone is 3. The third kappa shape index (κ3) is 5.10. The summed E-state index contributed by atoms with van der Waals surface area (Å²) in [6.07, 6.45) is 9.66. The molecule has 0 aliphatic heterocycles. The van der Waals surface area contributed by atoms with Gasteiger partial charge in [0.15, 0.2) is 0 Å². The lowest BCUT2D eigenvalue weighted by atomic mass is 9.74. The van der Waals surface area contributed by atoms with Gasteiger partial charge in [-0.15, -0.1) is 11.3 Å². The SMILES string of the molecule is CC1(C(NN)c2cccc(-c3cccc(-c4cccc(-c5ccc6sc7c8ccccc8c8ccccc8c7c6c5)c4)c3)c2)C=CC=CC1. The predicted molar refractivity (Wildman–Crippen MR) is 212 cm³/mol. The summed E-state index contributed by atoms with van der Waals surface area (Å²) in [7, 11) is 0. The summed E-state index contributed by atoms with van der Waals surface area (Å²) in [5, 5.41) is 7.98. The zero-order valence-corrected chi connectivity index (χ0v) is 28.2. The van der Waals surface area contributed by atoms with E-state index in [2.05, 4.69) is 176 Å². The quantitative estimate of drug-likeness (QED) is 0.107. The Morgan fingerprint density at radius 2 is 1.14 bits per heavy atom. The van der Waals surface area contributed by atoms with E-state index in [1.54, 1.807) is 0 Å². The molecule has 0 spiro atoms. The average Bonchev–Trinajstić information content (AvgIpc) is 3.55. The number of hydrogen-bond donors (Lipinski definition) is 2. The van der Waals surface area contributed by atoms with Crippen molar-refractivity contribution in [2.45, 2.75) is 19.4 Å². The Morgan fingerprint density at radius 3 is 1.78 bits per heavy atom. The highest BCUT2D eigenvalue weighted by Crippen LogP contribution is 2.45. The van der Waals surface area contributed by atoms with E-state index in [0.717, 1.165) is 6.42 Å². The van der Waals surface area contributed by atoms with Crippen LogP contribution in [0.25, 0.3) is 75.1 Å². The zero-order valence-electron chi connectivity index (χ0n) is 27.4. The van der Waals surface area contributed by atoms with Crippen LogP contribution in [0.15, 0.2) is 164 Å². The minimum absolute atomic E-state index is 0.00270. The molecule has 9 rings (SSSR count). The van der Waals surface area contributed by atoms with E-state index in [1.807, 2.05) is 11.3 Å². The van der Waals surface area contributed by atoms with Gasteiger partial charge in [0.05, 0.1) is 6.04 Å². The van der Waals surface area contributed by atoms with E-state index < -0.39 is 0 Å². The van der Waals surface area contributed by atoms with Gasteiger partial charge in [0.1, 0.15) is 0 Å². The van der Waals surface area contributed by atoms with Crippen molar-refractivity contribution in [2.24, 2.45) is 11.3 Å². The van der Waals surface area contributed by atoms with Gasteiger partial charge in [0.25, 0.3) is 0 Å². The van der Waals surface area contributed by atoms with Crippen LogP contribution < -0.4 is 11.3 Å². The molecule has 7 aromatic carbocycles. The Balaban J connectivity index is 1.10. The van der Waals surface area contributed by atoms with Gasteiger partial charge < -0.3 is 0 Å². The number of nitrogens with one attached hydrogen (secondary N) is 1. The number of hydrogen-bond acceptors (Lipinski definition) is 3. The first-order chi connectivity index (χ1) is 24.1. The average molecular weight is 649 g/mol. The molecule has 2 nitrogen and oxygen atoms in total. The third-order valence-corrected chi connectivity index (χ3v) is 11.6. The van der Waals surface area contributed by atoms with Gasteiger partial charge in [-0.3, -0.25) is 11.3 Å². The Kier molecular flexibility index (Phi) is 7.28. The van der Waals surface area contributed by atoms with E-state index in [1.165, 1.54) is 80.7 Å². The maximum Gasteiger partial charge on any atom is 0.0551 e. The van der Waals surface area contributed by atoms with Gasteiger partial charge in [-0.1, -0.05) is 140 Å². The number of fused-ring (bicyclic) bond motifs is 8. The number of rotatable bonds is 6. The Bertz CT molecular complexity index is 2610. The topological polar surface area (TPSA) is 38.0 Å². The molecular weight excluding hydrogens is 613 g/mol. The van der Waals surface area contributed by atoms with Crippen LogP contribution in [0, 0.1) is 5.41 Å². The molecule has 2 unspecified atom stereocenters. The molecule has 1 aliphatic carbocycles. The number of nitrogens with two attached hydrogens (primary N) is 1. The van der Waals surface area contributed by atoms with Crippen LogP contribution in [-0.2, 0) is 0 Å². The molecule has 0 fully saturated rings. The smallest absolute Gasteiger partial charge is 0.0551 e. The maximum absolute atomic E-state index is 6.16. The highest BCUT2D eigenvalue weighted by Gasteiger charge is 2.32. The van der Waals surface area contributed by atoms with Crippen molar-refractivity contribution in [2.75, 3.05) is 0 Å². The van der Waals surface area contributed by atoms with Crippen molar-refractivity contribution in [1.29, 1.82) is 0 Å². The monoisotopic (exact) mass is 648 g/mol. The fourth-order valence-electron chi connectivity index (χ4n) is 7.87. The Morgan fingerprint density at radius 1 is 0.571 bits per heavy atom. The largest absolute Gasteiger partial charge is 0.271 e. The van der Waals surface area contributed by atoms with Gasteiger partial charge in [-0.05, 0) is 91.9 Å². The number of hydrazine groups is 1. The van der Waals surface area contributed by atoms with Crippen LogP contribution in [0.4, 0.5) is 0 Å². The van der Waals surface area contributed by atoms with Crippen LogP contribution in [0.5, 0.6) is 0 Å². The molecule has 3 N–H and O–H groups in total. The zero-order chi connectivity index (χ0) is 33.0. The minimum Gasteiger partial charge on any atom is -0.271 e. The summed E-state index contributed by atoms with van der Waals surface area (Å²) in [6.45, 7) is 2.26. The molecule has 49 heavy (non-hydrogen) atoms. The molecule has 2 atom stereocenters. The van der Waals surface area contributed by atoms with Crippen LogP contribution >= 0.6 is 11.3 Å². The van der Waals surface area contributed by atoms with Crippen LogP contribution in [0.2, 0.25) is 0 Å². The van der Waals surface area contributed by atoms with Crippen molar-refractivity contribution in [3.05, 3.63) is 169 Å². The third-order valence-electron chi connectivity index (χ3n) is 10.4. The lowest BCUT2D eigenvalue weighted by Gasteiger charge is -2.36. The molecule has 3 heteroatoms. The molecule has 1 heterocycles. The molecule has 8 aromatic rings. The lowest BCUT2D eigenvalue weighted by molar-refractivity contribution is 0.289. The standard InChI is InChI=1S/C46H36N2S/c1-46(24-7-2-8-25-46)45(48-47)36-17-11-16-34(28-36)32-14-9-12-30(26-32)31-13-10-15-33(27-31)35-22-23-42-41(29-35)43-39-20-5-3-18-37(39)38-19-4-6-21-40(38)44(43)49-42/h2-24,26-29,45,48H,25,47H2,1H3. The van der Waals surface area contributed by atoms with Crippen molar-refractivity contribution < 1.29 is 0 Å². The van der Waals surface area contributed by atoms with E-state index in [-0.39, 0.29) is 11.5 Å². The molecule has 0 radical (unpaired) electrons. The predicted octanol–water partition coefficient (Wildman–Crippen LogP) is 12.4. The van der Waals surface area contributed by atoms with Crippen molar-refractivity contribution in [3.8, 4) is 33.4 Å². The second kappa shape index (κ2) is 12.0. The first-order valence-corrected chi connectivity index (χ1v) is 17.8. The molecule has 1 aromatic heterocycles. The van der Waals surface area contributed by atoms with Gasteiger partial charge in [0, 0.05) is 31.0 Å². The number of benzene rings is 7. The second-order valence-electron chi connectivity index (χ2n) is 13.5. The Labute approximate surface area is 290 Å². The van der Waals surface area contributed by atoms with E-state index in [9.17, 15) is 0 Å². The van der Waals surface area contributed by atoms with Crippen molar-refractivity contribution in [1.82, 2.24) is 5.43 Å². The molecule has 236 valence electrons. The van der Waals surface area contributed by atoms with Gasteiger partial charge in [-0.25, -0.2) is 0 Å². The van der Waals surface area contributed by atoms with Gasteiger partial charge in [0.2, 0.25) is 0 Å². The summed E-state index contributed by atoms with van der Waals surface area (Å²) in [5.41, 5.74) is 11.4. The van der Waals surface area contributed by atoms with Crippen LogP contribution in [0.3, 0.4) is 0 Å². The van der Waals surface area contributed by atoms with Gasteiger partial charge in [-0.2, -0.15) is 0 Å². The van der Waals surface area contributed by atoms with Crippen LogP contribution in [-0.4, -0.2) is 0 Å². The minimum atomic E-state index is -0.0936. The second-order valence-corrected chi connectivity index (χ2v) is 14.5. The number of thiophene rings is 1. The van der Waals surface area contributed by atoms with E-state index in [4.69, 9.17) is 5.84 Å². The summed E-state index contributed by atoms with van der Waals surface area (Å²) >= 11 is 1.90. The normalized spacial score (nSPS) is 16.6. The molecule has 1 aliphatic rings. The summed E-state index contributed by atoms with van der Waals surface area (Å²) in [4.78, 5) is 0. The molecule has 0 saturated heterocycles. The first-order valence-electron chi connectivity index (χ1n) is 17.0. The van der Waals surface area contributed by atoms with Crippen molar-refractivity contribution >= 4 is 53.1 Å². The van der Waals surface area contributed by atoms with Crippen molar-refractivity contribution in [3.63, 3.8) is 0 Å². The van der Waals surface area contributed by atoms with Gasteiger partial charge >= 0.3 is 0 Å². The molecule has 0 bridgehead atoms. The van der Waals surface area contributed by atoms with Crippen LogP contribution in [0.1, 0.15) is 24.9 Å². The fourth-order valence-corrected chi connectivity index (χ4v) is 9.10. The van der Waals surface area contributed by atoms with E-state index in [0.29, 0.717) is 0 Å². The summed E-state index contributed by atoms with van der Waals surface area (Å²) in [5.74, 6) is 6.16. The first kappa shape index (κ1) is 29.8. The molecule has 0 amide bonds. The summed E-state index contributed by atoms with van der Waals surface area (Å²) < 4.78 is 2.69. The lowest BCUT2D eigenvalue weighted by Crippen LogP contribution is -2.39. The maximum atomic E-state index is 6.16. The highest BCUT2D eigenvalue weighted by molar-refractivity contribution is 7.27. The molecule has 0 saturated carbocycles. The Hall–Kier alpha value is -5.32. The van der Waals surface area contributed by atoms with E-state index >= 15 is 0 Å². The molecular formula is C46H36N2S.